The molecule has 0 spiro atoms. The van der Waals surface area contributed by atoms with Gasteiger partial charge in [-0.05, 0) is 51.5 Å². The summed E-state index contributed by atoms with van der Waals surface area (Å²) in [6.45, 7) is 6.72. The van der Waals surface area contributed by atoms with Crippen molar-refractivity contribution in [1.82, 2.24) is 24.6 Å². The number of nitrogens with one attached hydrogen (secondary N) is 1. The van der Waals surface area contributed by atoms with Crippen LogP contribution in [0.5, 0.6) is 5.75 Å². The summed E-state index contributed by atoms with van der Waals surface area (Å²) < 4.78 is 46.5. The van der Waals surface area contributed by atoms with E-state index in [1.54, 1.807) is 36.8 Å². The van der Waals surface area contributed by atoms with E-state index in [0.29, 0.717) is 17.1 Å². The van der Waals surface area contributed by atoms with Crippen LogP contribution in [0.3, 0.4) is 0 Å². The zero-order valence-electron chi connectivity index (χ0n) is 19.0. The summed E-state index contributed by atoms with van der Waals surface area (Å²) in [5, 5.41) is 17.2. The number of alkyl halides is 3. The van der Waals surface area contributed by atoms with Crippen molar-refractivity contribution in [2.75, 3.05) is 11.9 Å². The molecular weight excluding hydrogens is 449 g/mol. The molecule has 4 aromatic rings. The number of pyridine rings is 2. The molecule has 0 fully saturated rings. The summed E-state index contributed by atoms with van der Waals surface area (Å²) in [4.78, 5) is 11.3. The summed E-state index contributed by atoms with van der Waals surface area (Å²) in [5.41, 5.74) is 2.28. The van der Waals surface area contributed by atoms with E-state index in [0.717, 1.165) is 16.8 Å². The highest BCUT2D eigenvalue weighted by Gasteiger charge is 2.35. The van der Waals surface area contributed by atoms with Gasteiger partial charge in [-0.1, -0.05) is 0 Å². The van der Waals surface area contributed by atoms with Gasteiger partial charge < -0.3 is 15.2 Å². The van der Waals surface area contributed by atoms with Gasteiger partial charge in [0.25, 0.3) is 0 Å². The van der Waals surface area contributed by atoms with E-state index in [2.05, 4.69) is 25.4 Å². The standard InChI is InChI=1S/C23H23F3N6O2/c1-13-7-17(18(11-27-13)34-12-22(3,4)33)15-5-6-32-16(9-15)10-20(31-32)29-19-8-14(2)28-21(30-19)23(24,25)26/h5-11,33H,12H2,1-4H3,(H,28,29,30,31). The molecule has 4 rings (SSSR count). The Labute approximate surface area is 193 Å². The van der Waals surface area contributed by atoms with Crippen molar-refractivity contribution in [3.05, 3.63) is 59.9 Å². The minimum atomic E-state index is -4.65. The second-order valence-electron chi connectivity index (χ2n) is 8.58. The molecule has 0 saturated carbocycles. The van der Waals surface area contributed by atoms with E-state index in [9.17, 15) is 18.3 Å². The van der Waals surface area contributed by atoms with E-state index in [-0.39, 0.29) is 18.1 Å². The Balaban J connectivity index is 1.65. The Bertz CT molecular complexity index is 1350. The maximum Gasteiger partial charge on any atom is 0.451 e. The number of nitrogens with zero attached hydrogens (tertiary/aromatic N) is 5. The average molecular weight is 472 g/mol. The van der Waals surface area contributed by atoms with Gasteiger partial charge in [0.05, 0.1) is 17.3 Å². The number of aliphatic hydroxyl groups is 1. The zero-order chi connectivity index (χ0) is 24.7. The Hall–Kier alpha value is -3.73. The average Bonchev–Trinajstić information content (AvgIpc) is 3.12. The van der Waals surface area contributed by atoms with Gasteiger partial charge in [-0.3, -0.25) is 4.98 Å². The van der Waals surface area contributed by atoms with E-state index in [1.165, 1.54) is 13.0 Å². The Kier molecular flexibility index (Phi) is 5.90. The molecule has 4 heterocycles. The fourth-order valence-corrected chi connectivity index (χ4v) is 3.26. The summed E-state index contributed by atoms with van der Waals surface area (Å²) in [5.74, 6) is -0.373. The Morgan fingerprint density at radius 2 is 1.79 bits per heavy atom. The molecule has 0 aliphatic rings. The predicted octanol–water partition coefficient (Wildman–Crippen LogP) is 4.72. The first-order valence-corrected chi connectivity index (χ1v) is 10.4. The van der Waals surface area contributed by atoms with Crippen molar-refractivity contribution < 1.29 is 23.0 Å². The van der Waals surface area contributed by atoms with Gasteiger partial charge in [0, 0.05) is 35.3 Å². The van der Waals surface area contributed by atoms with Crippen LogP contribution in [0.1, 0.15) is 31.1 Å². The van der Waals surface area contributed by atoms with Crippen LogP contribution in [0.15, 0.2) is 42.7 Å². The molecule has 0 aromatic carbocycles. The van der Waals surface area contributed by atoms with Crippen LogP contribution in [-0.2, 0) is 6.18 Å². The van der Waals surface area contributed by atoms with Gasteiger partial charge in [-0.2, -0.15) is 18.3 Å². The van der Waals surface area contributed by atoms with Crippen molar-refractivity contribution in [2.45, 2.75) is 39.5 Å². The molecule has 11 heteroatoms. The molecule has 34 heavy (non-hydrogen) atoms. The van der Waals surface area contributed by atoms with Gasteiger partial charge in [0.1, 0.15) is 18.2 Å². The van der Waals surface area contributed by atoms with Gasteiger partial charge in [-0.25, -0.2) is 14.5 Å². The van der Waals surface area contributed by atoms with E-state index >= 15 is 0 Å². The molecule has 0 saturated heterocycles. The maximum atomic E-state index is 13.0. The first-order valence-electron chi connectivity index (χ1n) is 10.4. The van der Waals surface area contributed by atoms with Crippen molar-refractivity contribution >= 4 is 17.2 Å². The van der Waals surface area contributed by atoms with Crippen molar-refractivity contribution in [1.29, 1.82) is 0 Å². The van der Waals surface area contributed by atoms with Crippen LogP contribution >= 0.6 is 0 Å². The first-order chi connectivity index (χ1) is 15.9. The number of halogens is 3. The smallest absolute Gasteiger partial charge is 0.451 e. The van der Waals surface area contributed by atoms with E-state index < -0.39 is 17.6 Å². The van der Waals surface area contributed by atoms with Crippen LogP contribution in [0.25, 0.3) is 16.6 Å². The fraction of sp³-hybridized carbons (Fsp3) is 0.304. The highest BCUT2D eigenvalue weighted by atomic mass is 19.4. The maximum absolute atomic E-state index is 13.0. The lowest BCUT2D eigenvalue weighted by molar-refractivity contribution is -0.145. The number of rotatable bonds is 6. The molecule has 0 radical (unpaired) electrons. The SMILES string of the molecule is Cc1cc(-c2ccn3nc(Nc4cc(C)nc(C(F)(F)F)n4)cc3c2)c(OCC(C)(C)O)cn1. The summed E-state index contributed by atoms with van der Waals surface area (Å²) in [7, 11) is 0. The summed E-state index contributed by atoms with van der Waals surface area (Å²) in [6, 6.07) is 8.70. The highest BCUT2D eigenvalue weighted by molar-refractivity contribution is 5.75. The van der Waals surface area contributed by atoms with Crippen LogP contribution in [0, 0.1) is 13.8 Å². The topological polar surface area (TPSA) is 97.5 Å². The number of fused-ring (bicyclic) bond motifs is 1. The van der Waals surface area contributed by atoms with Crippen molar-refractivity contribution in [3.8, 4) is 16.9 Å². The molecule has 0 bridgehead atoms. The molecular formula is C23H23F3N6O2. The number of anilines is 2. The second kappa shape index (κ2) is 8.56. The lowest BCUT2D eigenvalue weighted by Crippen LogP contribution is -2.28. The van der Waals surface area contributed by atoms with Crippen LogP contribution in [0.4, 0.5) is 24.8 Å². The third-order valence-corrected chi connectivity index (χ3v) is 4.72. The molecule has 0 aliphatic carbocycles. The number of hydrogen-bond acceptors (Lipinski definition) is 7. The molecule has 0 amide bonds. The van der Waals surface area contributed by atoms with E-state index in [4.69, 9.17) is 4.74 Å². The fourth-order valence-electron chi connectivity index (χ4n) is 3.26. The Morgan fingerprint density at radius 3 is 2.50 bits per heavy atom. The predicted molar refractivity (Wildman–Crippen MR) is 120 cm³/mol. The third kappa shape index (κ3) is 5.42. The van der Waals surface area contributed by atoms with Gasteiger partial charge in [0.15, 0.2) is 5.82 Å². The lowest BCUT2D eigenvalue weighted by Gasteiger charge is -2.19. The number of ether oxygens (including phenoxy) is 1. The van der Waals surface area contributed by atoms with Crippen LogP contribution in [0.2, 0.25) is 0 Å². The second-order valence-corrected chi connectivity index (χ2v) is 8.58. The highest BCUT2D eigenvalue weighted by Crippen LogP contribution is 2.32. The van der Waals surface area contributed by atoms with E-state index in [1.807, 2.05) is 25.1 Å². The number of hydrogen-bond donors (Lipinski definition) is 2. The molecule has 0 atom stereocenters. The largest absolute Gasteiger partial charge is 0.488 e. The first kappa shape index (κ1) is 23.4. The zero-order valence-corrected chi connectivity index (χ0v) is 19.0. The van der Waals surface area contributed by atoms with Crippen molar-refractivity contribution in [3.63, 3.8) is 0 Å². The molecule has 2 N–H and O–H groups in total. The number of aryl methyl sites for hydroxylation is 2. The third-order valence-electron chi connectivity index (χ3n) is 4.72. The van der Waals surface area contributed by atoms with Crippen LogP contribution < -0.4 is 10.1 Å². The minimum absolute atomic E-state index is 0.00415. The summed E-state index contributed by atoms with van der Waals surface area (Å²) >= 11 is 0. The molecule has 0 aliphatic heterocycles. The lowest BCUT2D eigenvalue weighted by atomic mass is 10.1. The molecule has 8 nitrogen and oxygen atoms in total. The summed E-state index contributed by atoms with van der Waals surface area (Å²) in [6.07, 6.45) is -1.30. The molecule has 178 valence electrons. The van der Waals surface area contributed by atoms with Gasteiger partial charge in [-0.15, -0.1) is 0 Å². The normalized spacial score (nSPS) is 12.2. The quantitative estimate of drug-likeness (QED) is 0.419. The number of aromatic nitrogens is 5. The Morgan fingerprint density at radius 1 is 1.03 bits per heavy atom. The van der Waals surface area contributed by atoms with Crippen molar-refractivity contribution in [2.24, 2.45) is 0 Å². The molecule has 0 unspecified atom stereocenters. The van der Waals surface area contributed by atoms with Gasteiger partial charge >= 0.3 is 6.18 Å². The van der Waals surface area contributed by atoms with Gasteiger partial charge in [0.2, 0.25) is 5.82 Å². The van der Waals surface area contributed by atoms with Crippen LogP contribution in [-0.4, -0.2) is 41.9 Å². The molecule has 4 aromatic heterocycles. The minimum Gasteiger partial charge on any atom is -0.488 e. The monoisotopic (exact) mass is 472 g/mol.